The molecule has 16 nitrogen and oxygen atoms in total. The molecule has 4 aromatic rings. The minimum atomic E-state index is -4.16. The first-order valence-corrected chi connectivity index (χ1v) is 23.4. The summed E-state index contributed by atoms with van der Waals surface area (Å²) in [5.74, 6) is -0.587. The van der Waals surface area contributed by atoms with Crippen LogP contribution in [-0.4, -0.2) is 96.9 Å². The van der Waals surface area contributed by atoms with Gasteiger partial charge in [-0.2, -0.15) is 0 Å². The van der Waals surface area contributed by atoms with Gasteiger partial charge in [0.2, 0.25) is 19.2 Å². The van der Waals surface area contributed by atoms with E-state index >= 15 is 0 Å². The Morgan fingerprint density at radius 1 is 1.10 bits per heavy atom. The summed E-state index contributed by atoms with van der Waals surface area (Å²) in [4.78, 5) is 73.5. The Morgan fingerprint density at radius 2 is 1.84 bits per heavy atom. The third kappa shape index (κ3) is 9.68. The summed E-state index contributed by atoms with van der Waals surface area (Å²) in [5.41, 5.74) is 1.41. The molecular formula is C43H55N8O8PS. The maximum absolute atomic E-state index is 14.9. The fourth-order valence-electron chi connectivity index (χ4n) is 8.20. The molecule has 6 atom stereocenters. The average molecular weight is 875 g/mol. The van der Waals surface area contributed by atoms with E-state index in [4.69, 9.17) is 24.2 Å². The van der Waals surface area contributed by atoms with E-state index in [2.05, 4.69) is 32.5 Å². The molecule has 3 aromatic heterocycles. The molecule has 3 aliphatic rings. The summed E-state index contributed by atoms with van der Waals surface area (Å²) < 4.78 is 32.2. The zero-order chi connectivity index (χ0) is 43.7. The number of amides is 3. The number of nitrogens with one attached hydrogen (secondary N) is 3. The highest BCUT2D eigenvalue weighted by Crippen LogP contribution is 2.70. The second kappa shape index (κ2) is 17.7. The minimum Gasteiger partial charge on any atom is -0.497 e. The molecule has 61 heavy (non-hydrogen) atoms. The second-order valence-electron chi connectivity index (χ2n) is 17.5. The summed E-state index contributed by atoms with van der Waals surface area (Å²) in [7, 11) is -2.59. The molecule has 1 saturated heterocycles. The first-order valence-electron chi connectivity index (χ1n) is 20.7. The van der Waals surface area contributed by atoms with Gasteiger partial charge in [0, 0.05) is 53.7 Å². The number of thiazole rings is 1. The number of ether oxygens (including phenoxy) is 3. The number of likely N-dealkylation sites (tertiary alicyclic amines) is 1. The molecule has 4 heterocycles. The van der Waals surface area contributed by atoms with Crippen LogP contribution in [0.25, 0.3) is 22.3 Å². The van der Waals surface area contributed by atoms with Gasteiger partial charge >= 0.3 is 6.09 Å². The van der Waals surface area contributed by atoms with Gasteiger partial charge in [0.1, 0.15) is 53.1 Å². The normalized spacial score (nSPS) is 23.0. The summed E-state index contributed by atoms with van der Waals surface area (Å²) >= 11 is 1.46. The Morgan fingerprint density at radius 3 is 2.49 bits per heavy atom. The van der Waals surface area contributed by atoms with Gasteiger partial charge in [-0.25, -0.2) is 24.7 Å². The largest absolute Gasteiger partial charge is 0.497 e. The van der Waals surface area contributed by atoms with Crippen molar-refractivity contribution in [2.24, 2.45) is 11.3 Å². The highest BCUT2D eigenvalue weighted by atomic mass is 32.1. The van der Waals surface area contributed by atoms with E-state index in [1.165, 1.54) is 35.0 Å². The molecule has 1 aromatic carbocycles. The van der Waals surface area contributed by atoms with Crippen LogP contribution in [0, 0.1) is 11.3 Å². The standard InChI is InChI=1S/C43H55N8O8PS/c1-8-27-18-43(27,60(55,56)22-26-19-44-24-45-20-26)50-38(52)35-16-30(21-51(35)39(53)37(42(4,5)6)49-41(54)59-28-11-9-10-12-28)58-36-17-33(34-23-61-40(48-34)46-25(2)3)47-32-15-29(57-7)13-14-31(32)36/h8,13-15,17,19-20,23-25,27-28,30,35,37H,1,9-12,16,18,21-22H2,2-7H3,(H,46,48)(H,49,54)(H,50,52)(H,55,56)/t27-,30-,35+,37?,43+/m1/s1. The van der Waals surface area contributed by atoms with Gasteiger partial charge in [-0.15, -0.1) is 17.9 Å². The van der Waals surface area contributed by atoms with Crippen molar-refractivity contribution in [2.75, 3.05) is 19.0 Å². The predicted octanol–water partition coefficient (Wildman–Crippen LogP) is 6.90. The lowest BCUT2D eigenvalue weighted by atomic mass is 9.85. The van der Waals surface area contributed by atoms with Crippen LogP contribution >= 0.6 is 18.7 Å². The van der Waals surface area contributed by atoms with Crippen LogP contribution < -0.4 is 25.4 Å². The molecule has 0 bridgehead atoms. The molecule has 2 aliphatic carbocycles. The molecule has 2 unspecified atom stereocenters. The minimum absolute atomic E-state index is 0.0342. The number of nitrogens with zero attached hydrogens (tertiary/aromatic N) is 5. The van der Waals surface area contributed by atoms with E-state index in [1.54, 1.807) is 31.4 Å². The van der Waals surface area contributed by atoms with Crippen molar-refractivity contribution in [3.05, 3.63) is 66.6 Å². The number of carbonyl (C=O) groups excluding carboxylic acids is 3. The summed E-state index contributed by atoms with van der Waals surface area (Å²) in [6.45, 7) is 13.4. The maximum atomic E-state index is 14.9. The van der Waals surface area contributed by atoms with Gasteiger partial charge in [-0.05, 0) is 69.1 Å². The highest BCUT2D eigenvalue weighted by Gasteiger charge is 2.66. The lowest BCUT2D eigenvalue weighted by molar-refractivity contribution is -0.142. The van der Waals surface area contributed by atoms with Crippen molar-refractivity contribution in [2.45, 2.75) is 115 Å². The van der Waals surface area contributed by atoms with Gasteiger partial charge in [-0.1, -0.05) is 26.8 Å². The lowest BCUT2D eigenvalue weighted by Gasteiger charge is -2.36. The Kier molecular flexibility index (Phi) is 12.8. The average Bonchev–Trinajstić information content (AvgIpc) is 3.61. The number of hydrogen-bond donors (Lipinski definition) is 4. The topological polar surface area (TPSA) is 207 Å². The van der Waals surface area contributed by atoms with Gasteiger partial charge in [0.05, 0.1) is 31.0 Å². The first-order chi connectivity index (χ1) is 29.0. The molecule has 7 rings (SSSR count). The van der Waals surface area contributed by atoms with Crippen LogP contribution in [0.5, 0.6) is 11.5 Å². The quantitative estimate of drug-likeness (QED) is 0.0710. The van der Waals surface area contributed by atoms with Crippen LogP contribution in [-0.2, 0) is 25.1 Å². The molecule has 326 valence electrons. The van der Waals surface area contributed by atoms with E-state index in [0.717, 1.165) is 30.8 Å². The number of anilines is 1. The van der Waals surface area contributed by atoms with E-state index in [0.29, 0.717) is 39.4 Å². The number of carbonyl (C=O) groups is 3. The summed E-state index contributed by atoms with van der Waals surface area (Å²) in [6.07, 6.45) is 7.54. The Bertz CT molecular complexity index is 2320. The maximum Gasteiger partial charge on any atom is 0.408 e. The lowest BCUT2D eigenvalue weighted by Crippen LogP contribution is -2.58. The third-order valence-corrected chi connectivity index (χ3v) is 14.9. The van der Waals surface area contributed by atoms with Crippen molar-refractivity contribution in [3.63, 3.8) is 0 Å². The van der Waals surface area contributed by atoms with Crippen molar-refractivity contribution in [1.29, 1.82) is 0 Å². The number of aromatic nitrogens is 4. The summed E-state index contributed by atoms with van der Waals surface area (Å²) in [5, 5.41) is 10.9. The van der Waals surface area contributed by atoms with Crippen LogP contribution in [0.15, 0.2) is 61.0 Å². The molecule has 4 N–H and O–H groups in total. The zero-order valence-electron chi connectivity index (χ0n) is 35.4. The fourth-order valence-corrected chi connectivity index (χ4v) is 11.4. The van der Waals surface area contributed by atoms with Crippen molar-refractivity contribution < 1.29 is 38.1 Å². The molecule has 18 heteroatoms. The number of rotatable bonds is 15. The van der Waals surface area contributed by atoms with E-state index in [9.17, 15) is 23.8 Å². The molecule has 3 fully saturated rings. The molecule has 2 saturated carbocycles. The van der Waals surface area contributed by atoms with Crippen molar-refractivity contribution in [1.82, 2.24) is 35.5 Å². The van der Waals surface area contributed by atoms with E-state index < -0.39 is 60.1 Å². The summed E-state index contributed by atoms with van der Waals surface area (Å²) in [6, 6.07) is 5.18. The van der Waals surface area contributed by atoms with Crippen molar-refractivity contribution in [3.8, 4) is 22.9 Å². The Hall–Kier alpha value is -5.12. The number of fused-ring (bicyclic) bond motifs is 1. The number of methoxy groups -OCH3 is 1. The third-order valence-electron chi connectivity index (χ3n) is 11.5. The Labute approximate surface area is 359 Å². The zero-order valence-corrected chi connectivity index (χ0v) is 37.1. The van der Waals surface area contributed by atoms with Gasteiger partial charge in [0.25, 0.3) is 0 Å². The number of hydrogen-bond acceptors (Lipinski definition) is 13. The fraction of sp³-hybridized carbons (Fsp3) is 0.512. The smallest absolute Gasteiger partial charge is 0.408 e. The van der Waals surface area contributed by atoms with Crippen LogP contribution in [0.3, 0.4) is 0 Å². The van der Waals surface area contributed by atoms with Crippen LogP contribution in [0.1, 0.15) is 78.7 Å². The van der Waals surface area contributed by atoms with E-state index in [-0.39, 0.29) is 37.7 Å². The van der Waals surface area contributed by atoms with Gasteiger partial charge in [0.15, 0.2) is 5.13 Å². The van der Waals surface area contributed by atoms with Crippen LogP contribution in [0.2, 0.25) is 0 Å². The molecule has 0 radical (unpaired) electrons. The number of benzene rings is 1. The van der Waals surface area contributed by atoms with Crippen LogP contribution in [0.4, 0.5) is 9.93 Å². The molecular weight excluding hydrogens is 820 g/mol. The van der Waals surface area contributed by atoms with Gasteiger partial charge < -0.3 is 40.0 Å². The molecule has 0 spiro atoms. The number of alkyl carbamates (subject to hydrolysis) is 1. The first kappa shape index (κ1) is 44.0. The highest BCUT2D eigenvalue weighted by molar-refractivity contribution is 7.59. The van der Waals surface area contributed by atoms with Crippen molar-refractivity contribution >= 4 is 52.6 Å². The number of pyridine rings is 1. The predicted molar refractivity (Wildman–Crippen MR) is 233 cm³/mol. The van der Waals surface area contributed by atoms with Gasteiger partial charge in [-0.3, -0.25) is 14.2 Å². The molecule has 3 amide bonds. The second-order valence-corrected chi connectivity index (χ2v) is 20.9. The monoisotopic (exact) mass is 874 g/mol. The molecule has 1 aliphatic heterocycles. The van der Waals surface area contributed by atoms with E-state index in [1.807, 2.05) is 46.1 Å². The Balaban J connectivity index is 1.22. The SMILES string of the molecule is C=C[C@@H]1C[C@]1(NC(=O)[C@@H]1C[C@@H](Oc2cc(-c3csc(NC(C)C)n3)nc3cc(OC)ccc23)CN1C(=O)C(NC(=O)OC1CCCC1)C(C)(C)C)P(=O)(O)Cc1cncnc1.